The zero-order valence-corrected chi connectivity index (χ0v) is 12.7. The average Bonchev–Trinajstić information content (AvgIpc) is 2.32. The zero-order chi connectivity index (χ0) is 13.3. The molecule has 1 aliphatic rings. The first-order valence-corrected chi connectivity index (χ1v) is 8.81. The predicted octanol–water partition coefficient (Wildman–Crippen LogP) is 4.61. The Morgan fingerprint density at radius 3 is 2.17 bits per heavy atom. The molecule has 0 fully saturated rings. The van der Waals surface area contributed by atoms with Crippen LogP contribution in [0.1, 0.15) is 35.4 Å². The summed E-state index contributed by atoms with van der Waals surface area (Å²) in [6, 6.07) is 5.74. The van der Waals surface area contributed by atoms with Crippen LogP contribution in [0.2, 0.25) is 4.47 Å². The Kier molecular flexibility index (Phi) is 4.08. The summed E-state index contributed by atoms with van der Waals surface area (Å²) < 4.78 is 39.1. The van der Waals surface area contributed by atoms with Crippen LogP contribution in [0.4, 0.5) is 13.2 Å². The van der Waals surface area contributed by atoms with Crippen molar-refractivity contribution in [1.29, 1.82) is 0 Å². The van der Waals surface area contributed by atoms with Crippen LogP contribution in [0.3, 0.4) is 0 Å². The van der Waals surface area contributed by atoms with Gasteiger partial charge in [0.05, 0.1) is 0 Å². The monoisotopic (exact) mass is 370 g/mol. The summed E-state index contributed by atoms with van der Waals surface area (Å²) in [4.78, 5) is 0. The molecule has 2 rings (SSSR count). The molecule has 0 amide bonds. The minimum absolute atomic E-state index is 0.159. The van der Waals surface area contributed by atoms with E-state index in [2.05, 4.69) is 13.8 Å². The Labute approximate surface area is 115 Å². The fourth-order valence-corrected chi connectivity index (χ4v) is 6.00. The van der Waals surface area contributed by atoms with E-state index in [4.69, 9.17) is 0 Å². The van der Waals surface area contributed by atoms with Gasteiger partial charge in [0.2, 0.25) is 0 Å². The van der Waals surface area contributed by atoms with Gasteiger partial charge in [0, 0.05) is 0 Å². The summed E-state index contributed by atoms with van der Waals surface area (Å²) in [5.41, 5.74) is 3.43. The Morgan fingerprint density at radius 2 is 1.67 bits per heavy atom. The summed E-state index contributed by atoms with van der Waals surface area (Å²) in [7, 11) is 0. The molecule has 0 saturated carbocycles. The molecular formula is C14H15F3Te. The van der Waals surface area contributed by atoms with E-state index in [1.54, 1.807) is 12.1 Å². The van der Waals surface area contributed by atoms with Gasteiger partial charge in [-0.15, -0.1) is 0 Å². The molecule has 0 aliphatic carbocycles. The first-order valence-electron chi connectivity index (χ1n) is 5.82. The van der Waals surface area contributed by atoms with Crippen LogP contribution < -0.4 is 0 Å². The maximum atomic E-state index is 12.5. The number of allylic oxidation sites excluding steroid dienone is 2. The van der Waals surface area contributed by atoms with E-state index in [1.165, 1.54) is 27.7 Å². The third kappa shape index (κ3) is 3.10. The Bertz CT molecular complexity index is 457. The number of halogens is 3. The molecule has 0 radical (unpaired) electrons. The molecule has 0 N–H and O–H groups in total. The zero-order valence-electron chi connectivity index (χ0n) is 10.3. The van der Waals surface area contributed by atoms with Gasteiger partial charge < -0.3 is 0 Å². The molecule has 1 aromatic carbocycles. The van der Waals surface area contributed by atoms with Gasteiger partial charge in [-0.25, -0.2) is 0 Å². The van der Waals surface area contributed by atoms with E-state index in [0.717, 1.165) is 12.0 Å². The summed E-state index contributed by atoms with van der Waals surface area (Å²) >= 11 is -0.159. The number of rotatable bonds is 1. The number of alkyl halides is 3. The standard InChI is InChI=1S/C14H15F3Te/c1-9-7-13(18-8-10(9)2)11-3-5-12(6-4-11)14(15,16)17/h3-6,13H,7-8H2,1-2H3. The SMILES string of the molecule is CC1=C(C)CC(c2ccc(C(F)(F)F)cc2)[Te]C1. The molecule has 0 aromatic heterocycles. The van der Waals surface area contributed by atoms with Crippen molar-refractivity contribution in [1.82, 2.24) is 0 Å². The minimum atomic E-state index is -4.23. The van der Waals surface area contributed by atoms with E-state index >= 15 is 0 Å². The van der Waals surface area contributed by atoms with Gasteiger partial charge >= 0.3 is 116 Å². The molecule has 0 spiro atoms. The molecule has 1 heterocycles. The predicted molar refractivity (Wildman–Crippen MR) is 67.7 cm³/mol. The van der Waals surface area contributed by atoms with E-state index in [0.29, 0.717) is 3.97 Å². The molecule has 98 valence electrons. The van der Waals surface area contributed by atoms with Crippen LogP contribution in [0.15, 0.2) is 35.4 Å². The molecule has 18 heavy (non-hydrogen) atoms. The van der Waals surface area contributed by atoms with Gasteiger partial charge in [-0.1, -0.05) is 0 Å². The van der Waals surface area contributed by atoms with E-state index < -0.39 is 11.7 Å². The first-order chi connectivity index (χ1) is 8.38. The second kappa shape index (κ2) is 5.27. The van der Waals surface area contributed by atoms with Crippen molar-refractivity contribution in [3.63, 3.8) is 0 Å². The third-order valence-electron chi connectivity index (χ3n) is 3.33. The number of hydrogen-bond acceptors (Lipinski definition) is 0. The molecule has 0 nitrogen and oxygen atoms in total. The summed E-state index contributed by atoms with van der Waals surface area (Å²) in [5, 5.41) is 0. The van der Waals surface area contributed by atoms with Crippen LogP contribution >= 0.6 is 0 Å². The fourth-order valence-electron chi connectivity index (χ4n) is 1.96. The van der Waals surface area contributed by atoms with Crippen molar-refractivity contribution in [3.05, 3.63) is 46.5 Å². The maximum absolute atomic E-state index is 12.5. The van der Waals surface area contributed by atoms with Crippen LogP contribution in [-0.4, -0.2) is 20.9 Å². The first kappa shape index (κ1) is 14.0. The summed E-state index contributed by atoms with van der Waals surface area (Å²) in [6.07, 6.45) is -3.20. The van der Waals surface area contributed by atoms with Gasteiger partial charge in [0.1, 0.15) is 0 Å². The topological polar surface area (TPSA) is 0 Å². The second-order valence-corrected chi connectivity index (χ2v) is 8.08. The molecule has 4 heteroatoms. The Hall–Kier alpha value is -0.460. The third-order valence-corrected chi connectivity index (χ3v) is 7.44. The molecule has 0 saturated heterocycles. The van der Waals surface area contributed by atoms with Crippen molar-refractivity contribution in [2.24, 2.45) is 0 Å². The molecule has 1 atom stereocenters. The number of benzene rings is 1. The quantitative estimate of drug-likeness (QED) is 0.502. The van der Waals surface area contributed by atoms with Gasteiger partial charge in [-0.05, 0) is 0 Å². The second-order valence-electron chi connectivity index (χ2n) is 4.68. The van der Waals surface area contributed by atoms with Crippen molar-refractivity contribution in [2.45, 2.75) is 34.9 Å². The van der Waals surface area contributed by atoms with Crippen LogP contribution in [0, 0.1) is 0 Å². The van der Waals surface area contributed by atoms with Crippen LogP contribution in [0.25, 0.3) is 0 Å². The van der Waals surface area contributed by atoms with Gasteiger partial charge in [-0.3, -0.25) is 0 Å². The van der Waals surface area contributed by atoms with Crippen molar-refractivity contribution >= 4 is 20.9 Å². The molecule has 1 unspecified atom stereocenters. The average molecular weight is 368 g/mol. The molecule has 0 bridgehead atoms. The number of hydrogen-bond donors (Lipinski definition) is 0. The van der Waals surface area contributed by atoms with E-state index in [1.807, 2.05) is 0 Å². The van der Waals surface area contributed by atoms with Crippen molar-refractivity contribution in [3.8, 4) is 0 Å². The Morgan fingerprint density at radius 1 is 1.06 bits per heavy atom. The Balaban J connectivity index is 2.16. The van der Waals surface area contributed by atoms with Gasteiger partial charge in [0.15, 0.2) is 0 Å². The summed E-state index contributed by atoms with van der Waals surface area (Å²) in [5.74, 6) is 0. The molecular weight excluding hydrogens is 353 g/mol. The van der Waals surface area contributed by atoms with Gasteiger partial charge in [0.25, 0.3) is 0 Å². The van der Waals surface area contributed by atoms with Crippen molar-refractivity contribution in [2.75, 3.05) is 0 Å². The van der Waals surface area contributed by atoms with E-state index in [-0.39, 0.29) is 20.9 Å². The fraction of sp³-hybridized carbons (Fsp3) is 0.429. The van der Waals surface area contributed by atoms with Crippen molar-refractivity contribution < 1.29 is 13.2 Å². The van der Waals surface area contributed by atoms with Crippen LogP contribution in [-0.2, 0) is 6.18 Å². The molecule has 1 aliphatic heterocycles. The normalized spacial score (nSPS) is 21.3. The summed E-state index contributed by atoms with van der Waals surface area (Å²) in [6.45, 7) is 4.31. The van der Waals surface area contributed by atoms with Gasteiger partial charge in [-0.2, -0.15) is 0 Å². The van der Waals surface area contributed by atoms with E-state index in [9.17, 15) is 13.2 Å². The van der Waals surface area contributed by atoms with Crippen LogP contribution in [0.5, 0.6) is 0 Å². The molecule has 1 aromatic rings.